The highest BCUT2D eigenvalue weighted by atomic mass is 16.1. The van der Waals surface area contributed by atoms with Crippen LogP contribution in [0.4, 0.5) is 0 Å². The van der Waals surface area contributed by atoms with Crippen LogP contribution < -0.4 is 16.4 Å². The minimum absolute atomic E-state index is 0.0593. The first-order chi connectivity index (χ1) is 7.15. The van der Waals surface area contributed by atoms with E-state index in [4.69, 9.17) is 5.73 Å². The topological polar surface area (TPSA) is 67.2 Å². The predicted molar refractivity (Wildman–Crippen MR) is 61.5 cm³/mol. The van der Waals surface area contributed by atoms with Gasteiger partial charge in [-0.3, -0.25) is 4.79 Å². The molecule has 4 N–H and O–H groups in total. The highest BCUT2D eigenvalue weighted by Gasteiger charge is 2.23. The Balaban J connectivity index is 2.30. The zero-order chi connectivity index (χ0) is 11.3. The molecule has 1 rings (SSSR count). The van der Waals surface area contributed by atoms with E-state index in [9.17, 15) is 4.79 Å². The molecule has 0 aliphatic heterocycles. The van der Waals surface area contributed by atoms with Crippen LogP contribution in [0.5, 0.6) is 0 Å². The highest BCUT2D eigenvalue weighted by Crippen LogP contribution is 2.24. The Bertz CT molecular complexity index is 208. The summed E-state index contributed by atoms with van der Waals surface area (Å²) in [5.41, 5.74) is 5.65. The maximum atomic E-state index is 11.2. The van der Waals surface area contributed by atoms with Gasteiger partial charge in [0.2, 0.25) is 5.91 Å². The molecule has 3 unspecified atom stereocenters. The van der Waals surface area contributed by atoms with Gasteiger partial charge in [-0.25, -0.2) is 0 Å². The van der Waals surface area contributed by atoms with Crippen molar-refractivity contribution in [2.24, 2.45) is 11.7 Å². The fourth-order valence-electron chi connectivity index (χ4n) is 2.23. The molecule has 1 saturated carbocycles. The molecule has 3 atom stereocenters. The van der Waals surface area contributed by atoms with Gasteiger partial charge in [0.1, 0.15) is 0 Å². The second-order valence-corrected chi connectivity index (χ2v) is 4.59. The Morgan fingerprint density at radius 3 is 2.73 bits per heavy atom. The monoisotopic (exact) mass is 213 g/mol. The molecular formula is C11H23N3O. The normalized spacial score (nSPS) is 27.7. The van der Waals surface area contributed by atoms with Crippen LogP contribution >= 0.6 is 0 Å². The van der Waals surface area contributed by atoms with E-state index in [1.54, 1.807) is 7.05 Å². The fraction of sp³-hybridized carbons (Fsp3) is 0.909. The van der Waals surface area contributed by atoms with E-state index in [2.05, 4.69) is 17.6 Å². The van der Waals surface area contributed by atoms with Crippen LogP contribution in [-0.4, -0.2) is 31.6 Å². The molecular weight excluding hydrogens is 190 g/mol. The third-order valence-electron chi connectivity index (χ3n) is 3.16. The van der Waals surface area contributed by atoms with Crippen LogP contribution in [0, 0.1) is 5.92 Å². The van der Waals surface area contributed by atoms with E-state index in [-0.39, 0.29) is 11.9 Å². The molecule has 1 aliphatic rings. The molecule has 4 heteroatoms. The molecule has 0 spiro atoms. The van der Waals surface area contributed by atoms with Crippen LogP contribution in [0.1, 0.15) is 32.6 Å². The number of carbonyl (C=O) groups excluding carboxylic acids is 1. The summed E-state index contributed by atoms with van der Waals surface area (Å²) in [6.45, 7) is 2.80. The van der Waals surface area contributed by atoms with E-state index < -0.39 is 0 Å². The Hall–Kier alpha value is -0.610. The molecule has 0 aromatic carbocycles. The molecule has 0 bridgehead atoms. The van der Waals surface area contributed by atoms with Gasteiger partial charge in [-0.2, -0.15) is 0 Å². The van der Waals surface area contributed by atoms with Gasteiger partial charge in [0.05, 0.1) is 0 Å². The Morgan fingerprint density at radius 2 is 2.27 bits per heavy atom. The molecule has 4 nitrogen and oxygen atoms in total. The van der Waals surface area contributed by atoms with Crippen LogP contribution in [0.2, 0.25) is 0 Å². The van der Waals surface area contributed by atoms with Crippen molar-refractivity contribution in [1.29, 1.82) is 0 Å². The summed E-state index contributed by atoms with van der Waals surface area (Å²) >= 11 is 0. The molecule has 0 aromatic rings. The summed E-state index contributed by atoms with van der Waals surface area (Å²) in [4.78, 5) is 11.2. The van der Waals surface area contributed by atoms with Gasteiger partial charge in [-0.15, -0.1) is 0 Å². The summed E-state index contributed by atoms with van der Waals surface area (Å²) in [6.07, 6.45) is 4.20. The smallest absolute Gasteiger partial charge is 0.221 e. The lowest BCUT2D eigenvalue weighted by atomic mass is 10.1. The Labute approximate surface area is 92.0 Å². The van der Waals surface area contributed by atoms with Crippen LogP contribution in [0.3, 0.4) is 0 Å². The zero-order valence-corrected chi connectivity index (χ0v) is 9.75. The summed E-state index contributed by atoms with van der Waals surface area (Å²) in [5, 5.41) is 6.10. The first-order valence-electron chi connectivity index (χ1n) is 5.82. The standard InChI is InChI=1S/C11H23N3O/c1-8-3-4-9(5-8)14-10(7-12)6-11(15)13-2/h8-10,14H,3-7,12H2,1-2H3,(H,13,15). The third-order valence-corrected chi connectivity index (χ3v) is 3.16. The van der Waals surface area contributed by atoms with E-state index >= 15 is 0 Å². The van der Waals surface area contributed by atoms with Gasteiger partial charge < -0.3 is 16.4 Å². The molecule has 1 amide bonds. The maximum Gasteiger partial charge on any atom is 0.221 e. The maximum absolute atomic E-state index is 11.2. The number of rotatable bonds is 5. The second kappa shape index (κ2) is 6.08. The van der Waals surface area contributed by atoms with Crippen molar-refractivity contribution in [2.75, 3.05) is 13.6 Å². The number of hydrogen-bond donors (Lipinski definition) is 3. The van der Waals surface area contributed by atoms with Crippen molar-refractivity contribution in [2.45, 2.75) is 44.7 Å². The van der Waals surface area contributed by atoms with E-state index in [0.717, 1.165) is 5.92 Å². The first-order valence-corrected chi connectivity index (χ1v) is 5.82. The minimum Gasteiger partial charge on any atom is -0.359 e. The van der Waals surface area contributed by atoms with Crippen molar-refractivity contribution >= 4 is 5.91 Å². The molecule has 1 aliphatic carbocycles. The lowest BCUT2D eigenvalue weighted by Gasteiger charge is -2.21. The summed E-state index contributed by atoms with van der Waals surface area (Å²) in [7, 11) is 1.66. The van der Waals surface area contributed by atoms with Crippen LogP contribution in [-0.2, 0) is 4.79 Å². The Morgan fingerprint density at radius 1 is 1.53 bits per heavy atom. The minimum atomic E-state index is 0.0593. The summed E-state index contributed by atoms with van der Waals surface area (Å²) in [6, 6.07) is 0.679. The van der Waals surface area contributed by atoms with Crippen molar-refractivity contribution in [3.05, 3.63) is 0 Å². The molecule has 15 heavy (non-hydrogen) atoms. The molecule has 0 saturated heterocycles. The molecule has 0 radical (unpaired) electrons. The van der Waals surface area contributed by atoms with Gasteiger partial charge in [0, 0.05) is 32.1 Å². The van der Waals surface area contributed by atoms with Gasteiger partial charge in [-0.1, -0.05) is 6.92 Å². The summed E-state index contributed by atoms with van der Waals surface area (Å²) < 4.78 is 0. The first kappa shape index (κ1) is 12.5. The van der Waals surface area contributed by atoms with E-state index in [0.29, 0.717) is 19.0 Å². The highest BCUT2D eigenvalue weighted by molar-refractivity contribution is 5.76. The van der Waals surface area contributed by atoms with Gasteiger partial charge >= 0.3 is 0 Å². The van der Waals surface area contributed by atoms with Crippen molar-refractivity contribution < 1.29 is 4.79 Å². The average Bonchev–Trinajstić information content (AvgIpc) is 2.62. The number of hydrogen-bond acceptors (Lipinski definition) is 3. The third kappa shape index (κ3) is 4.18. The lowest BCUT2D eigenvalue weighted by molar-refractivity contribution is -0.121. The SMILES string of the molecule is CNC(=O)CC(CN)NC1CCC(C)C1. The van der Waals surface area contributed by atoms with Crippen molar-refractivity contribution in [1.82, 2.24) is 10.6 Å². The lowest BCUT2D eigenvalue weighted by Crippen LogP contribution is -2.44. The van der Waals surface area contributed by atoms with E-state index in [1.165, 1.54) is 19.3 Å². The molecule has 88 valence electrons. The quantitative estimate of drug-likeness (QED) is 0.612. The number of amides is 1. The van der Waals surface area contributed by atoms with Crippen LogP contribution in [0.25, 0.3) is 0 Å². The number of nitrogens with two attached hydrogens (primary N) is 1. The fourth-order valence-corrected chi connectivity index (χ4v) is 2.23. The number of carbonyl (C=O) groups is 1. The number of nitrogens with one attached hydrogen (secondary N) is 2. The van der Waals surface area contributed by atoms with Gasteiger partial charge in [-0.05, 0) is 25.2 Å². The molecule has 0 aromatic heterocycles. The predicted octanol–water partition coefficient (Wildman–Crippen LogP) is 0.228. The van der Waals surface area contributed by atoms with Crippen LogP contribution in [0.15, 0.2) is 0 Å². The second-order valence-electron chi connectivity index (χ2n) is 4.59. The molecule has 0 heterocycles. The average molecular weight is 213 g/mol. The van der Waals surface area contributed by atoms with E-state index in [1.807, 2.05) is 0 Å². The summed E-state index contributed by atoms with van der Waals surface area (Å²) in [5.74, 6) is 0.866. The Kier molecular flexibility index (Phi) is 5.05. The van der Waals surface area contributed by atoms with Crippen molar-refractivity contribution in [3.63, 3.8) is 0 Å². The largest absolute Gasteiger partial charge is 0.359 e. The van der Waals surface area contributed by atoms with Crippen molar-refractivity contribution in [3.8, 4) is 0 Å². The molecule has 1 fully saturated rings. The van der Waals surface area contributed by atoms with Gasteiger partial charge in [0.25, 0.3) is 0 Å². The zero-order valence-electron chi connectivity index (χ0n) is 9.75. The van der Waals surface area contributed by atoms with Gasteiger partial charge in [0.15, 0.2) is 0 Å².